The van der Waals surface area contributed by atoms with E-state index in [1.807, 2.05) is 31.2 Å². The molecule has 2 amide bonds. The van der Waals surface area contributed by atoms with Crippen molar-refractivity contribution in [2.75, 3.05) is 13.7 Å². The largest absolute Gasteiger partial charge is 0.494 e. The maximum absolute atomic E-state index is 12.5. The number of hydrogen-bond donors (Lipinski definition) is 1. The third-order valence-electron chi connectivity index (χ3n) is 4.24. The number of likely N-dealkylation sites (N-methyl/N-ethyl adjacent to an activating group) is 1. The first-order valence-electron chi connectivity index (χ1n) is 9.10. The number of primary amides is 1. The summed E-state index contributed by atoms with van der Waals surface area (Å²) in [6, 6.07) is 14.2. The molecule has 0 radical (unpaired) electrons. The van der Waals surface area contributed by atoms with Crippen molar-refractivity contribution in [2.24, 2.45) is 5.73 Å². The SMILES string of the molecule is CCOc1ccc(CN(C)C(=O)Cn2nnc(-c3ccc(C(N)=O)cc3)n2)cc1. The minimum Gasteiger partial charge on any atom is -0.494 e. The molecule has 9 nitrogen and oxygen atoms in total. The van der Waals surface area contributed by atoms with Crippen LogP contribution in [0.15, 0.2) is 48.5 Å². The Bertz CT molecular complexity index is 982. The van der Waals surface area contributed by atoms with E-state index in [0.29, 0.717) is 30.1 Å². The molecular formula is C20H22N6O3. The Kier molecular flexibility index (Phi) is 6.18. The van der Waals surface area contributed by atoms with Gasteiger partial charge in [0.15, 0.2) is 0 Å². The minimum atomic E-state index is -0.505. The molecule has 150 valence electrons. The Balaban J connectivity index is 1.59. The predicted molar refractivity (Wildman–Crippen MR) is 106 cm³/mol. The van der Waals surface area contributed by atoms with E-state index in [-0.39, 0.29) is 12.5 Å². The maximum Gasteiger partial charge on any atom is 0.248 e. The van der Waals surface area contributed by atoms with E-state index < -0.39 is 5.91 Å². The monoisotopic (exact) mass is 394 g/mol. The molecule has 0 spiro atoms. The fourth-order valence-corrected chi connectivity index (χ4v) is 2.67. The summed E-state index contributed by atoms with van der Waals surface area (Å²) in [5, 5.41) is 12.1. The van der Waals surface area contributed by atoms with Gasteiger partial charge in [-0.3, -0.25) is 9.59 Å². The summed E-state index contributed by atoms with van der Waals surface area (Å²) in [6.07, 6.45) is 0. The Morgan fingerprint density at radius 2 is 1.79 bits per heavy atom. The van der Waals surface area contributed by atoms with Crippen LogP contribution >= 0.6 is 0 Å². The molecule has 3 aromatic rings. The average Bonchev–Trinajstić information content (AvgIpc) is 3.18. The number of amides is 2. The molecule has 0 fully saturated rings. The van der Waals surface area contributed by atoms with E-state index in [0.717, 1.165) is 11.3 Å². The number of rotatable bonds is 8. The second-order valence-electron chi connectivity index (χ2n) is 6.41. The average molecular weight is 394 g/mol. The zero-order valence-corrected chi connectivity index (χ0v) is 16.3. The quantitative estimate of drug-likeness (QED) is 0.619. The lowest BCUT2D eigenvalue weighted by molar-refractivity contribution is -0.131. The molecule has 0 aliphatic carbocycles. The highest BCUT2D eigenvalue weighted by atomic mass is 16.5. The smallest absolute Gasteiger partial charge is 0.248 e. The van der Waals surface area contributed by atoms with Gasteiger partial charge < -0.3 is 15.4 Å². The van der Waals surface area contributed by atoms with E-state index >= 15 is 0 Å². The molecule has 2 N–H and O–H groups in total. The van der Waals surface area contributed by atoms with Crippen molar-refractivity contribution in [2.45, 2.75) is 20.0 Å². The highest BCUT2D eigenvalue weighted by Crippen LogP contribution is 2.15. The molecule has 1 heterocycles. The lowest BCUT2D eigenvalue weighted by Gasteiger charge is -2.17. The number of nitrogens with two attached hydrogens (primary N) is 1. The summed E-state index contributed by atoms with van der Waals surface area (Å²) in [6.45, 7) is 2.97. The van der Waals surface area contributed by atoms with Crippen molar-refractivity contribution in [1.82, 2.24) is 25.1 Å². The number of benzene rings is 2. The first kappa shape index (κ1) is 20.0. The van der Waals surface area contributed by atoms with Crippen LogP contribution < -0.4 is 10.5 Å². The van der Waals surface area contributed by atoms with E-state index in [4.69, 9.17) is 10.5 Å². The van der Waals surface area contributed by atoms with E-state index in [9.17, 15) is 9.59 Å². The van der Waals surface area contributed by atoms with Crippen LogP contribution in [0.2, 0.25) is 0 Å². The third-order valence-corrected chi connectivity index (χ3v) is 4.24. The Morgan fingerprint density at radius 3 is 2.41 bits per heavy atom. The zero-order valence-electron chi connectivity index (χ0n) is 16.3. The number of nitrogens with zero attached hydrogens (tertiary/aromatic N) is 5. The van der Waals surface area contributed by atoms with Gasteiger partial charge in [0.25, 0.3) is 0 Å². The van der Waals surface area contributed by atoms with Gasteiger partial charge in [0.05, 0.1) is 6.61 Å². The molecule has 9 heteroatoms. The van der Waals surface area contributed by atoms with Crippen molar-refractivity contribution >= 4 is 11.8 Å². The van der Waals surface area contributed by atoms with E-state index in [1.54, 1.807) is 36.2 Å². The predicted octanol–water partition coefficient (Wildman–Crippen LogP) is 1.50. The van der Waals surface area contributed by atoms with Gasteiger partial charge in [0, 0.05) is 24.7 Å². The van der Waals surface area contributed by atoms with Gasteiger partial charge in [0.1, 0.15) is 12.3 Å². The Morgan fingerprint density at radius 1 is 1.10 bits per heavy atom. The third kappa shape index (κ3) is 5.16. The van der Waals surface area contributed by atoms with Gasteiger partial charge in [0.2, 0.25) is 17.6 Å². The van der Waals surface area contributed by atoms with Gasteiger partial charge >= 0.3 is 0 Å². The summed E-state index contributed by atoms with van der Waals surface area (Å²) in [5.74, 6) is 0.512. The standard InChI is InChI=1S/C20H22N6O3/c1-3-29-17-10-4-14(5-11-17)12-25(2)18(27)13-26-23-20(22-24-26)16-8-6-15(7-9-16)19(21)28/h4-11H,3,12-13H2,1-2H3,(H2,21,28). The lowest BCUT2D eigenvalue weighted by atomic mass is 10.1. The molecule has 0 saturated heterocycles. The molecule has 0 bridgehead atoms. The van der Waals surface area contributed by atoms with Crippen molar-refractivity contribution in [3.8, 4) is 17.1 Å². The Labute approximate surface area is 168 Å². The molecule has 0 atom stereocenters. The molecule has 0 saturated carbocycles. The zero-order chi connectivity index (χ0) is 20.8. The molecule has 29 heavy (non-hydrogen) atoms. The van der Waals surface area contributed by atoms with Crippen LogP contribution in [-0.4, -0.2) is 50.6 Å². The van der Waals surface area contributed by atoms with Crippen molar-refractivity contribution in [3.05, 3.63) is 59.7 Å². The summed E-state index contributed by atoms with van der Waals surface area (Å²) >= 11 is 0. The molecular weight excluding hydrogens is 372 g/mol. The topological polar surface area (TPSA) is 116 Å². The van der Waals surface area contributed by atoms with Crippen molar-refractivity contribution in [1.29, 1.82) is 0 Å². The van der Waals surface area contributed by atoms with Crippen LogP contribution in [0.1, 0.15) is 22.8 Å². The summed E-state index contributed by atoms with van der Waals surface area (Å²) in [7, 11) is 1.72. The fourth-order valence-electron chi connectivity index (χ4n) is 2.67. The molecule has 3 rings (SSSR count). The first-order chi connectivity index (χ1) is 14.0. The van der Waals surface area contributed by atoms with Crippen molar-refractivity contribution < 1.29 is 14.3 Å². The van der Waals surface area contributed by atoms with Crippen LogP contribution in [0, 0.1) is 0 Å². The highest BCUT2D eigenvalue weighted by Gasteiger charge is 2.14. The number of hydrogen-bond acceptors (Lipinski definition) is 6. The molecule has 0 unspecified atom stereocenters. The number of carbonyl (C=O) groups is 2. The number of tetrazole rings is 1. The second-order valence-corrected chi connectivity index (χ2v) is 6.41. The summed E-state index contributed by atoms with van der Waals surface area (Å²) in [5.41, 5.74) is 7.30. The van der Waals surface area contributed by atoms with E-state index in [1.165, 1.54) is 4.80 Å². The summed E-state index contributed by atoms with van der Waals surface area (Å²) in [4.78, 5) is 26.5. The molecule has 1 aromatic heterocycles. The number of aromatic nitrogens is 4. The van der Waals surface area contributed by atoms with Gasteiger partial charge in [-0.2, -0.15) is 4.80 Å². The summed E-state index contributed by atoms with van der Waals surface area (Å²) < 4.78 is 5.42. The van der Waals surface area contributed by atoms with Gasteiger partial charge in [-0.05, 0) is 42.0 Å². The second kappa shape index (κ2) is 8.96. The lowest BCUT2D eigenvalue weighted by Crippen LogP contribution is -2.30. The molecule has 2 aromatic carbocycles. The normalized spacial score (nSPS) is 10.6. The van der Waals surface area contributed by atoms with Crippen LogP contribution in [0.3, 0.4) is 0 Å². The fraction of sp³-hybridized carbons (Fsp3) is 0.250. The highest BCUT2D eigenvalue weighted by molar-refractivity contribution is 5.93. The number of ether oxygens (including phenoxy) is 1. The molecule has 0 aliphatic heterocycles. The van der Waals surface area contributed by atoms with Gasteiger partial charge in [-0.1, -0.05) is 24.3 Å². The van der Waals surface area contributed by atoms with Crippen LogP contribution in [0.4, 0.5) is 0 Å². The van der Waals surface area contributed by atoms with Crippen LogP contribution in [0.25, 0.3) is 11.4 Å². The van der Waals surface area contributed by atoms with Crippen LogP contribution in [0.5, 0.6) is 5.75 Å². The minimum absolute atomic E-state index is 0.0279. The van der Waals surface area contributed by atoms with Crippen molar-refractivity contribution in [3.63, 3.8) is 0 Å². The maximum atomic E-state index is 12.5. The van der Waals surface area contributed by atoms with E-state index in [2.05, 4.69) is 15.4 Å². The number of carbonyl (C=O) groups excluding carboxylic acids is 2. The van der Waals surface area contributed by atoms with Gasteiger partial charge in [-0.15, -0.1) is 10.2 Å². The molecule has 0 aliphatic rings. The Hall–Kier alpha value is -3.75. The first-order valence-corrected chi connectivity index (χ1v) is 9.10. The van der Waals surface area contributed by atoms with Gasteiger partial charge in [-0.25, -0.2) is 0 Å². The van der Waals surface area contributed by atoms with Crippen LogP contribution in [-0.2, 0) is 17.9 Å².